The van der Waals surface area contributed by atoms with Crippen molar-refractivity contribution in [3.63, 3.8) is 0 Å². The third-order valence-corrected chi connectivity index (χ3v) is 3.80. The molecule has 14 heteroatoms. The van der Waals surface area contributed by atoms with Gasteiger partial charge in [-0.15, -0.1) is 0 Å². The third kappa shape index (κ3) is 2.73. The van der Waals surface area contributed by atoms with Gasteiger partial charge in [0.2, 0.25) is 0 Å². The van der Waals surface area contributed by atoms with Crippen molar-refractivity contribution in [2.75, 3.05) is 13.2 Å². The molecule has 0 bridgehead atoms. The highest BCUT2D eigenvalue weighted by molar-refractivity contribution is 5.84. The predicted molar refractivity (Wildman–Crippen MR) is 64.9 cm³/mol. The van der Waals surface area contributed by atoms with Crippen LogP contribution < -0.4 is 0 Å². The zero-order valence-electron chi connectivity index (χ0n) is 13.0. The van der Waals surface area contributed by atoms with Crippen LogP contribution >= 0.6 is 0 Å². The van der Waals surface area contributed by atoms with E-state index in [2.05, 4.69) is 16.1 Å². The summed E-state index contributed by atoms with van der Waals surface area (Å²) in [4.78, 5) is 11.3. The van der Waals surface area contributed by atoms with Gasteiger partial charge in [-0.2, -0.15) is 39.5 Å². The summed E-state index contributed by atoms with van der Waals surface area (Å²) >= 11 is 0. The SMILES string of the molecule is C=COCCCCOC(=O)C1(F)C(F)(F)C(F)(F)C(F)(C(F)(F)F)C1(F)F. The second-order valence-corrected chi connectivity index (χ2v) is 5.42. The number of ether oxygens (including phenoxy) is 2. The van der Waals surface area contributed by atoms with Crippen molar-refractivity contribution in [2.24, 2.45) is 0 Å². The fourth-order valence-corrected chi connectivity index (χ4v) is 2.31. The van der Waals surface area contributed by atoms with E-state index in [1.807, 2.05) is 0 Å². The predicted octanol–water partition coefficient (Wildman–Crippen LogP) is 4.37. The van der Waals surface area contributed by atoms with Gasteiger partial charge in [0, 0.05) is 0 Å². The Balaban J connectivity index is 3.24. The monoisotopic (exact) mass is 424 g/mol. The maximum atomic E-state index is 14.2. The molecule has 1 fully saturated rings. The number of rotatable bonds is 7. The number of carbonyl (C=O) groups is 1. The standard InChI is InChI=1S/C13H11F11O3/c1-2-26-5-3-4-6-27-7(25)8(14)10(16,17)9(15,13(22,23)24)12(20,21)11(8,18)19/h2H,1,3-6H2. The molecule has 0 aromatic heterocycles. The molecule has 2 unspecified atom stereocenters. The van der Waals surface area contributed by atoms with Gasteiger partial charge < -0.3 is 9.47 Å². The quantitative estimate of drug-likeness (QED) is 0.264. The Hall–Kier alpha value is -1.76. The number of unbranched alkanes of at least 4 members (excludes halogenated alkanes) is 1. The number of carbonyl (C=O) groups excluding carboxylic acids is 1. The smallest absolute Gasteiger partial charge is 0.435 e. The Morgan fingerprint density at radius 2 is 1.33 bits per heavy atom. The first kappa shape index (κ1) is 23.3. The second kappa shape index (κ2) is 6.69. The fourth-order valence-electron chi connectivity index (χ4n) is 2.31. The molecule has 0 saturated heterocycles. The lowest BCUT2D eigenvalue weighted by Gasteiger charge is -2.33. The van der Waals surface area contributed by atoms with E-state index in [0.717, 1.165) is 6.26 Å². The van der Waals surface area contributed by atoms with Crippen molar-refractivity contribution in [2.45, 2.75) is 48.1 Å². The third-order valence-electron chi connectivity index (χ3n) is 3.80. The van der Waals surface area contributed by atoms with Gasteiger partial charge in [-0.3, -0.25) is 0 Å². The molecule has 0 radical (unpaired) electrons. The molecule has 3 nitrogen and oxygen atoms in total. The molecule has 0 N–H and O–H groups in total. The lowest BCUT2D eigenvalue weighted by atomic mass is 9.92. The van der Waals surface area contributed by atoms with Crippen molar-refractivity contribution in [1.82, 2.24) is 0 Å². The van der Waals surface area contributed by atoms with Gasteiger partial charge in [0.15, 0.2) is 0 Å². The maximum absolute atomic E-state index is 14.2. The summed E-state index contributed by atoms with van der Waals surface area (Å²) in [5.74, 6) is -25.0. The molecule has 0 spiro atoms. The summed E-state index contributed by atoms with van der Waals surface area (Å²) < 4.78 is 155. The lowest BCUT2D eigenvalue weighted by molar-refractivity contribution is -0.358. The van der Waals surface area contributed by atoms with E-state index >= 15 is 0 Å². The molecule has 2 atom stereocenters. The Morgan fingerprint density at radius 3 is 1.74 bits per heavy atom. The normalized spacial score (nSPS) is 31.4. The summed E-state index contributed by atoms with van der Waals surface area (Å²) in [5, 5.41) is 0. The van der Waals surface area contributed by atoms with E-state index < -0.39 is 47.9 Å². The van der Waals surface area contributed by atoms with Crippen LogP contribution in [-0.4, -0.2) is 54.5 Å². The maximum Gasteiger partial charge on any atom is 0.435 e. The van der Waals surface area contributed by atoms with E-state index in [1.54, 1.807) is 0 Å². The number of halogens is 11. The zero-order chi connectivity index (χ0) is 21.5. The average Bonchev–Trinajstić information content (AvgIpc) is 2.59. The Morgan fingerprint density at radius 1 is 0.852 bits per heavy atom. The van der Waals surface area contributed by atoms with Crippen molar-refractivity contribution < 1.29 is 62.6 Å². The minimum atomic E-state index is -7.36. The van der Waals surface area contributed by atoms with Crippen molar-refractivity contribution in [3.8, 4) is 0 Å². The Kier molecular flexibility index (Phi) is 5.77. The van der Waals surface area contributed by atoms with E-state index in [9.17, 15) is 53.1 Å². The number of alkyl halides is 11. The van der Waals surface area contributed by atoms with E-state index in [-0.39, 0.29) is 19.4 Å². The number of hydrogen-bond donors (Lipinski definition) is 0. The molecule has 0 aromatic rings. The van der Waals surface area contributed by atoms with Crippen LogP contribution in [0.2, 0.25) is 0 Å². The van der Waals surface area contributed by atoms with Gasteiger partial charge in [0.1, 0.15) is 0 Å². The molecular weight excluding hydrogens is 413 g/mol. The van der Waals surface area contributed by atoms with Gasteiger partial charge in [-0.1, -0.05) is 6.58 Å². The largest absolute Gasteiger partial charge is 0.502 e. The van der Waals surface area contributed by atoms with Gasteiger partial charge in [0.05, 0.1) is 19.5 Å². The first-order chi connectivity index (χ1) is 12.0. The van der Waals surface area contributed by atoms with Gasteiger partial charge in [-0.25, -0.2) is 13.6 Å². The van der Waals surface area contributed by atoms with Crippen molar-refractivity contribution in [3.05, 3.63) is 12.8 Å². The summed E-state index contributed by atoms with van der Waals surface area (Å²) in [7, 11) is 0. The first-order valence-electron chi connectivity index (χ1n) is 6.96. The average molecular weight is 424 g/mol. The Labute approximate surface area is 144 Å². The van der Waals surface area contributed by atoms with Crippen LogP contribution in [0.3, 0.4) is 0 Å². The van der Waals surface area contributed by atoms with Gasteiger partial charge in [0.25, 0.3) is 0 Å². The molecule has 0 amide bonds. The molecule has 0 heterocycles. The zero-order valence-corrected chi connectivity index (χ0v) is 13.0. The topological polar surface area (TPSA) is 35.5 Å². The highest BCUT2D eigenvalue weighted by Crippen LogP contribution is 2.72. The molecule has 1 rings (SSSR count). The molecule has 27 heavy (non-hydrogen) atoms. The van der Waals surface area contributed by atoms with Crippen LogP contribution in [0.15, 0.2) is 12.8 Å². The van der Waals surface area contributed by atoms with Crippen LogP contribution in [0, 0.1) is 0 Å². The number of esters is 1. The van der Waals surface area contributed by atoms with Crippen LogP contribution in [0.4, 0.5) is 48.3 Å². The molecule has 0 aromatic carbocycles. The van der Waals surface area contributed by atoms with E-state index in [0.29, 0.717) is 0 Å². The van der Waals surface area contributed by atoms with Crippen LogP contribution in [-0.2, 0) is 14.3 Å². The summed E-state index contributed by atoms with van der Waals surface area (Å²) in [6.07, 6.45) is -6.79. The molecule has 1 saturated carbocycles. The van der Waals surface area contributed by atoms with Crippen molar-refractivity contribution >= 4 is 5.97 Å². The van der Waals surface area contributed by atoms with E-state index in [1.165, 1.54) is 0 Å². The molecule has 1 aliphatic carbocycles. The van der Waals surface area contributed by atoms with Crippen molar-refractivity contribution in [1.29, 1.82) is 0 Å². The van der Waals surface area contributed by atoms with Gasteiger partial charge in [-0.05, 0) is 12.8 Å². The number of hydrogen-bond acceptors (Lipinski definition) is 3. The fraction of sp³-hybridized carbons (Fsp3) is 0.769. The minimum Gasteiger partial charge on any atom is -0.502 e. The Bertz CT molecular complexity index is 589. The summed E-state index contributed by atoms with van der Waals surface area (Å²) in [5.41, 5.74) is -14.0. The van der Waals surface area contributed by atoms with E-state index in [4.69, 9.17) is 0 Å². The van der Waals surface area contributed by atoms with Crippen LogP contribution in [0.5, 0.6) is 0 Å². The molecular formula is C13H11F11O3. The highest BCUT2D eigenvalue weighted by Gasteiger charge is 3.06. The second-order valence-electron chi connectivity index (χ2n) is 5.42. The summed E-state index contributed by atoms with van der Waals surface area (Å²) in [6, 6.07) is 0. The van der Waals surface area contributed by atoms with Crippen LogP contribution in [0.1, 0.15) is 12.8 Å². The molecule has 0 aliphatic heterocycles. The first-order valence-corrected chi connectivity index (χ1v) is 6.96. The van der Waals surface area contributed by atoms with Crippen LogP contribution in [0.25, 0.3) is 0 Å². The molecule has 1 aliphatic rings. The minimum absolute atomic E-state index is 0.0445. The van der Waals surface area contributed by atoms with Gasteiger partial charge >= 0.3 is 41.3 Å². The molecule has 158 valence electrons. The highest BCUT2D eigenvalue weighted by atomic mass is 19.4. The summed E-state index contributed by atoms with van der Waals surface area (Å²) in [6.45, 7) is 1.90. The lowest BCUT2D eigenvalue weighted by Crippen LogP contribution is -2.65.